The number of hydrogen-bond donors (Lipinski definition) is 1. The Balaban J connectivity index is 3.76. The SMILES string of the molecule is C=C(C)CC(CC(=C)C)NC. The summed E-state index contributed by atoms with van der Waals surface area (Å²) >= 11 is 0. The first-order valence-corrected chi connectivity index (χ1v) is 4.02. The molecule has 0 unspecified atom stereocenters. The van der Waals surface area contributed by atoms with Crippen molar-refractivity contribution in [2.24, 2.45) is 0 Å². The highest BCUT2D eigenvalue weighted by Gasteiger charge is 2.04. The fraction of sp³-hybridized carbons (Fsp3) is 0.600. The molecule has 0 bridgehead atoms. The molecule has 1 N–H and O–H groups in total. The molecule has 64 valence electrons. The molecule has 0 atom stereocenters. The van der Waals surface area contributed by atoms with Gasteiger partial charge in [0.15, 0.2) is 0 Å². The van der Waals surface area contributed by atoms with E-state index in [4.69, 9.17) is 0 Å². The van der Waals surface area contributed by atoms with Gasteiger partial charge in [-0.2, -0.15) is 0 Å². The van der Waals surface area contributed by atoms with Gasteiger partial charge < -0.3 is 5.32 Å². The molecule has 0 saturated carbocycles. The first-order chi connectivity index (χ1) is 5.06. The zero-order valence-electron chi connectivity index (χ0n) is 7.91. The summed E-state index contributed by atoms with van der Waals surface area (Å²) in [6.45, 7) is 11.9. The molecule has 0 fully saturated rings. The summed E-state index contributed by atoms with van der Waals surface area (Å²) < 4.78 is 0. The van der Waals surface area contributed by atoms with Crippen LogP contribution >= 0.6 is 0 Å². The molecule has 0 spiro atoms. The maximum atomic E-state index is 3.88. The Morgan fingerprint density at radius 1 is 1.18 bits per heavy atom. The van der Waals surface area contributed by atoms with Gasteiger partial charge in [-0.25, -0.2) is 0 Å². The van der Waals surface area contributed by atoms with Gasteiger partial charge >= 0.3 is 0 Å². The maximum Gasteiger partial charge on any atom is 0.0138 e. The quantitative estimate of drug-likeness (QED) is 0.598. The fourth-order valence-electron chi connectivity index (χ4n) is 1.12. The number of nitrogens with one attached hydrogen (secondary N) is 1. The molecule has 11 heavy (non-hydrogen) atoms. The van der Waals surface area contributed by atoms with Gasteiger partial charge in [-0.05, 0) is 33.7 Å². The van der Waals surface area contributed by atoms with Crippen LogP contribution in [0.15, 0.2) is 24.3 Å². The molecule has 0 aromatic heterocycles. The molecule has 0 rings (SSSR count). The molecule has 0 radical (unpaired) electrons. The van der Waals surface area contributed by atoms with Crippen LogP contribution in [-0.4, -0.2) is 13.1 Å². The molecular formula is C10H19N. The summed E-state index contributed by atoms with van der Waals surface area (Å²) in [6.07, 6.45) is 2.09. The van der Waals surface area contributed by atoms with Crippen LogP contribution in [0.5, 0.6) is 0 Å². The van der Waals surface area contributed by atoms with E-state index >= 15 is 0 Å². The molecule has 1 heteroatoms. The summed E-state index contributed by atoms with van der Waals surface area (Å²) in [5.41, 5.74) is 2.45. The molecule has 0 saturated heterocycles. The second kappa shape index (κ2) is 5.14. The Bertz CT molecular complexity index is 131. The number of hydrogen-bond acceptors (Lipinski definition) is 1. The molecule has 0 aliphatic carbocycles. The van der Waals surface area contributed by atoms with Gasteiger partial charge in [0.2, 0.25) is 0 Å². The summed E-state index contributed by atoms with van der Waals surface area (Å²) in [5.74, 6) is 0. The Kier molecular flexibility index (Phi) is 4.88. The molecule has 0 amide bonds. The van der Waals surface area contributed by atoms with Crippen molar-refractivity contribution in [1.29, 1.82) is 0 Å². The van der Waals surface area contributed by atoms with Crippen molar-refractivity contribution in [3.63, 3.8) is 0 Å². The molecule has 0 aromatic rings. The van der Waals surface area contributed by atoms with Crippen LogP contribution in [0.4, 0.5) is 0 Å². The Hall–Kier alpha value is -0.560. The number of rotatable bonds is 5. The lowest BCUT2D eigenvalue weighted by molar-refractivity contribution is 0.553. The van der Waals surface area contributed by atoms with E-state index in [1.165, 1.54) is 11.1 Å². The van der Waals surface area contributed by atoms with Gasteiger partial charge in [-0.3, -0.25) is 0 Å². The average molecular weight is 153 g/mol. The van der Waals surface area contributed by atoms with Gasteiger partial charge in [0.25, 0.3) is 0 Å². The minimum absolute atomic E-state index is 0.519. The van der Waals surface area contributed by atoms with Gasteiger partial charge in [0.05, 0.1) is 0 Å². The fourth-order valence-corrected chi connectivity index (χ4v) is 1.12. The summed E-state index contributed by atoms with van der Waals surface area (Å²) in [4.78, 5) is 0. The minimum Gasteiger partial charge on any atom is -0.316 e. The van der Waals surface area contributed by atoms with Gasteiger partial charge in [-0.1, -0.05) is 11.1 Å². The van der Waals surface area contributed by atoms with Crippen LogP contribution in [-0.2, 0) is 0 Å². The molecule has 0 aliphatic heterocycles. The van der Waals surface area contributed by atoms with Crippen molar-refractivity contribution >= 4 is 0 Å². The van der Waals surface area contributed by atoms with Crippen molar-refractivity contribution in [2.75, 3.05) is 7.05 Å². The van der Waals surface area contributed by atoms with E-state index < -0.39 is 0 Å². The van der Waals surface area contributed by atoms with Gasteiger partial charge in [0, 0.05) is 6.04 Å². The third kappa shape index (κ3) is 5.86. The van der Waals surface area contributed by atoms with Crippen LogP contribution in [0.2, 0.25) is 0 Å². The molecule has 0 aromatic carbocycles. The second-order valence-corrected chi connectivity index (χ2v) is 3.31. The lowest BCUT2D eigenvalue weighted by atomic mass is 10.0. The Morgan fingerprint density at radius 3 is 1.73 bits per heavy atom. The van der Waals surface area contributed by atoms with Gasteiger partial charge in [-0.15, -0.1) is 13.2 Å². The lowest BCUT2D eigenvalue weighted by Crippen LogP contribution is -2.25. The first kappa shape index (κ1) is 10.4. The zero-order chi connectivity index (χ0) is 8.85. The molecular weight excluding hydrogens is 134 g/mol. The van der Waals surface area contributed by atoms with Crippen molar-refractivity contribution < 1.29 is 0 Å². The van der Waals surface area contributed by atoms with Crippen molar-refractivity contribution in [3.05, 3.63) is 24.3 Å². The van der Waals surface area contributed by atoms with E-state index in [-0.39, 0.29) is 0 Å². The van der Waals surface area contributed by atoms with Gasteiger partial charge in [0.1, 0.15) is 0 Å². The van der Waals surface area contributed by atoms with E-state index in [1.54, 1.807) is 0 Å². The van der Waals surface area contributed by atoms with E-state index in [1.807, 2.05) is 7.05 Å². The zero-order valence-corrected chi connectivity index (χ0v) is 7.91. The smallest absolute Gasteiger partial charge is 0.0138 e. The topological polar surface area (TPSA) is 12.0 Å². The van der Waals surface area contributed by atoms with Crippen LogP contribution in [0, 0.1) is 0 Å². The second-order valence-electron chi connectivity index (χ2n) is 3.31. The average Bonchev–Trinajstić information content (AvgIpc) is 1.84. The molecule has 0 aliphatic rings. The van der Waals surface area contributed by atoms with Crippen molar-refractivity contribution in [2.45, 2.75) is 32.7 Å². The minimum atomic E-state index is 0.519. The normalized spacial score (nSPS) is 10.2. The van der Waals surface area contributed by atoms with Crippen LogP contribution in [0.1, 0.15) is 26.7 Å². The highest BCUT2D eigenvalue weighted by Crippen LogP contribution is 2.09. The van der Waals surface area contributed by atoms with Crippen molar-refractivity contribution in [3.8, 4) is 0 Å². The van der Waals surface area contributed by atoms with Crippen LogP contribution in [0.25, 0.3) is 0 Å². The Morgan fingerprint density at radius 2 is 1.55 bits per heavy atom. The lowest BCUT2D eigenvalue weighted by Gasteiger charge is -2.15. The standard InChI is InChI=1S/C10H19N/c1-8(2)6-10(11-5)7-9(3)4/h10-11H,1,3,6-7H2,2,4-5H3. The molecule has 1 nitrogen and oxygen atoms in total. The summed E-state index contributed by atoms with van der Waals surface area (Å²) in [7, 11) is 1.98. The predicted octanol–water partition coefficient (Wildman–Crippen LogP) is 2.51. The predicted molar refractivity (Wildman–Crippen MR) is 51.7 cm³/mol. The summed E-state index contributed by atoms with van der Waals surface area (Å²) in [6, 6.07) is 0.519. The maximum absolute atomic E-state index is 3.88. The first-order valence-electron chi connectivity index (χ1n) is 4.02. The monoisotopic (exact) mass is 153 g/mol. The highest BCUT2D eigenvalue weighted by molar-refractivity contribution is 4.99. The van der Waals surface area contributed by atoms with E-state index in [9.17, 15) is 0 Å². The van der Waals surface area contributed by atoms with E-state index in [0.29, 0.717) is 6.04 Å². The van der Waals surface area contributed by atoms with E-state index in [0.717, 1.165) is 12.8 Å². The third-order valence-corrected chi connectivity index (χ3v) is 1.60. The largest absolute Gasteiger partial charge is 0.316 e. The third-order valence-electron chi connectivity index (χ3n) is 1.60. The van der Waals surface area contributed by atoms with Crippen molar-refractivity contribution in [1.82, 2.24) is 5.32 Å². The summed E-state index contributed by atoms with van der Waals surface area (Å²) in [5, 5.41) is 3.24. The highest BCUT2D eigenvalue weighted by atomic mass is 14.9. The Labute approximate surface area is 70.2 Å². The van der Waals surface area contributed by atoms with Crippen LogP contribution < -0.4 is 5.32 Å². The van der Waals surface area contributed by atoms with Crippen LogP contribution in [0.3, 0.4) is 0 Å². The van der Waals surface area contributed by atoms with E-state index in [2.05, 4.69) is 32.3 Å². The molecule has 0 heterocycles.